The Morgan fingerprint density at radius 1 is 1.05 bits per heavy atom. The van der Waals surface area contributed by atoms with Gasteiger partial charge < -0.3 is 0 Å². The van der Waals surface area contributed by atoms with Gasteiger partial charge in [-0.05, 0) is 48.2 Å². The molecule has 3 N–H and O–H groups in total. The third kappa shape index (κ3) is 4.00. The van der Waals surface area contributed by atoms with Crippen LogP contribution in [0.4, 0.5) is 8.78 Å². The lowest BCUT2D eigenvalue weighted by molar-refractivity contribution is 0.520. The number of hydrogen-bond acceptors (Lipinski definition) is 2. The molecule has 0 heterocycles. The summed E-state index contributed by atoms with van der Waals surface area (Å²) in [5.41, 5.74) is 4.41. The number of hydrazine groups is 1. The van der Waals surface area contributed by atoms with E-state index in [0.717, 1.165) is 11.1 Å². The van der Waals surface area contributed by atoms with E-state index in [0.29, 0.717) is 12.8 Å². The van der Waals surface area contributed by atoms with Crippen molar-refractivity contribution in [3.8, 4) is 0 Å². The van der Waals surface area contributed by atoms with Crippen LogP contribution in [0.2, 0.25) is 5.02 Å². The third-order valence-electron chi connectivity index (χ3n) is 3.07. The number of rotatable bonds is 5. The van der Waals surface area contributed by atoms with Gasteiger partial charge in [0.1, 0.15) is 11.6 Å². The Balaban J connectivity index is 2.07. The van der Waals surface area contributed by atoms with Gasteiger partial charge in [-0.2, -0.15) is 0 Å². The second-order valence-electron chi connectivity index (χ2n) is 4.65. The Hall–Kier alpha value is -1.49. The highest BCUT2D eigenvalue weighted by Gasteiger charge is 2.11. The number of nitrogens with one attached hydrogen (secondary N) is 1. The highest BCUT2D eigenvalue weighted by atomic mass is 35.5. The van der Waals surface area contributed by atoms with Crippen LogP contribution in [-0.4, -0.2) is 6.04 Å². The largest absolute Gasteiger partial charge is 0.271 e. The van der Waals surface area contributed by atoms with Crippen molar-refractivity contribution in [1.82, 2.24) is 5.43 Å². The van der Waals surface area contributed by atoms with Gasteiger partial charge in [0, 0.05) is 6.04 Å². The Morgan fingerprint density at radius 2 is 1.75 bits per heavy atom. The molecular formula is C15H15ClF2N2. The van der Waals surface area contributed by atoms with Crippen molar-refractivity contribution in [3.63, 3.8) is 0 Å². The van der Waals surface area contributed by atoms with Gasteiger partial charge >= 0.3 is 0 Å². The monoisotopic (exact) mass is 296 g/mol. The van der Waals surface area contributed by atoms with Gasteiger partial charge in [-0.25, -0.2) is 8.78 Å². The van der Waals surface area contributed by atoms with Gasteiger partial charge in [0.2, 0.25) is 0 Å². The molecule has 0 spiro atoms. The smallest absolute Gasteiger partial charge is 0.141 e. The molecule has 1 unspecified atom stereocenters. The van der Waals surface area contributed by atoms with Gasteiger partial charge in [0.25, 0.3) is 0 Å². The van der Waals surface area contributed by atoms with E-state index in [2.05, 4.69) is 5.43 Å². The standard InChI is InChI=1S/C15H15ClF2N2/c16-14-9-11(4-5-15(14)18)8-13(20-19)7-10-2-1-3-12(17)6-10/h1-6,9,13,20H,7-8,19H2. The molecule has 0 saturated carbocycles. The van der Waals surface area contributed by atoms with E-state index >= 15 is 0 Å². The van der Waals surface area contributed by atoms with Crippen LogP contribution in [0, 0.1) is 11.6 Å². The van der Waals surface area contributed by atoms with Crippen molar-refractivity contribution in [1.29, 1.82) is 0 Å². The number of nitrogens with two attached hydrogens (primary N) is 1. The van der Waals surface area contributed by atoms with Crippen molar-refractivity contribution < 1.29 is 8.78 Å². The minimum Gasteiger partial charge on any atom is -0.271 e. The summed E-state index contributed by atoms with van der Waals surface area (Å²) >= 11 is 5.75. The first-order chi connectivity index (χ1) is 9.58. The Kier molecular flexibility index (Phi) is 5.06. The zero-order valence-electron chi connectivity index (χ0n) is 10.7. The molecule has 0 aliphatic rings. The predicted molar refractivity (Wildman–Crippen MR) is 76.3 cm³/mol. The average Bonchev–Trinajstić information content (AvgIpc) is 2.42. The Bertz CT molecular complexity index is 590. The van der Waals surface area contributed by atoms with Gasteiger partial charge in [0.15, 0.2) is 0 Å². The first-order valence-corrected chi connectivity index (χ1v) is 6.61. The van der Waals surface area contributed by atoms with Crippen molar-refractivity contribution in [2.45, 2.75) is 18.9 Å². The van der Waals surface area contributed by atoms with Crippen LogP contribution in [0.1, 0.15) is 11.1 Å². The zero-order chi connectivity index (χ0) is 14.5. The van der Waals surface area contributed by atoms with Gasteiger partial charge in [-0.1, -0.05) is 29.8 Å². The highest BCUT2D eigenvalue weighted by Crippen LogP contribution is 2.18. The molecule has 0 bridgehead atoms. The third-order valence-corrected chi connectivity index (χ3v) is 3.36. The van der Waals surface area contributed by atoms with Crippen molar-refractivity contribution >= 4 is 11.6 Å². The van der Waals surface area contributed by atoms with E-state index in [-0.39, 0.29) is 16.9 Å². The maximum atomic E-state index is 13.1. The predicted octanol–water partition coefficient (Wildman–Crippen LogP) is 3.24. The summed E-state index contributed by atoms with van der Waals surface area (Å²) in [7, 11) is 0. The summed E-state index contributed by atoms with van der Waals surface area (Å²) in [5, 5.41) is 0.0871. The molecule has 5 heteroatoms. The molecule has 20 heavy (non-hydrogen) atoms. The lowest BCUT2D eigenvalue weighted by Crippen LogP contribution is -2.38. The first kappa shape index (κ1) is 14.9. The molecule has 0 aliphatic heterocycles. The second-order valence-corrected chi connectivity index (χ2v) is 5.06. The summed E-state index contributed by atoms with van der Waals surface area (Å²) in [6.07, 6.45) is 1.15. The minimum atomic E-state index is -0.446. The van der Waals surface area contributed by atoms with Crippen LogP contribution in [0.25, 0.3) is 0 Å². The van der Waals surface area contributed by atoms with Crippen LogP contribution in [0.3, 0.4) is 0 Å². The van der Waals surface area contributed by atoms with E-state index in [1.807, 2.05) is 6.07 Å². The molecule has 0 saturated heterocycles. The normalized spacial score (nSPS) is 12.4. The molecule has 0 fully saturated rings. The van der Waals surface area contributed by atoms with Crippen LogP contribution in [-0.2, 0) is 12.8 Å². The van der Waals surface area contributed by atoms with Crippen LogP contribution < -0.4 is 11.3 Å². The summed E-state index contributed by atoms with van der Waals surface area (Å²) in [5.74, 6) is 4.80. The Morgan fingerprint density at radius 3 is 2.35 bits per heavy atom. The minimum absolute atomic E-state index is 0.0849. The number of benzene rings is 2. The molecule has 2 rings (SSSR count). The number of hydrogen-bond donors (Lipinski definition) is 2. The molecule has 0 amide bonds. The fourth-order valence-electron chi connectivity index (χ4n) is 2.09. The van der Waals surface area contributed by atoms with E-state index in [9.17, 15) is 8.78 Å². The molecule has 2 aromatic carbocycles. The summed E-state index contributed by atoms with van der Waals surface area (Å²) in [4.78, 5) is 0. The molecule has 0 radical (unpaired) electrons. The highest BCUT2D eigenvalue weighted by molar-refractivity contribution is 6.30. The average molecular weight is 297 g/mol. The Labute approximate surface area is 121 Å². The topological polar surface area (TPSA) is 38.0 Å². The summed E-state index contributed by atoms with van der Waals surface area (Å²) < 4.78 is 26.2. The van der Waals surface area contributed by atoms with Crippen molar-refractivity contribution in [2.75, 3.05) is 0 Å². The second kappa shape index (κ2) is 6.79. The zero-order valence-corrected chi connectivity index (χ0v) is 11.5. The van der Waals surface area contributed by atoms with Gasteiger partial charge in [-0.15, -0.1) is 0 Å². The van der Waals surface area contributed by atoms with Crippen molar-refractivity contribution in [3.05, 3.63) is 70.2 Å². The molecule has 1 atom stereocenters. The van der Waals surface area contributed by atoms with E-state index in [1.165, 1.54) is 18.2 Å². The van der Waals surface area contributed by atoms with Crippen LogP contribution in [0.15, 0.2) is 42.5 Å². The van der Waals surface area contributed by atoms with Crippen LogP contribution in [0.5, 0.6) is 0 Å². The van der Waals surface area contributed by atoms with E-state index < -0.39 is 5.82 Å². The lowest BCUT2D eigenvalue weighted by Gasteiger charge is -2.16. The van der Waals surface area contributed by atoms with Gasteiger partial charge in [0.05, 0.1) is 5.02 Å². The fraction of sp³-hybridized carbons (Fsp3) is 0.200. The molecule has 0 aliphatic carbocycles. The molecule has 2 nitrogen and oxygen atoms in total. The quantitative estimate of drug-likeness (QED) is 0.657. The molecule has 2 aromatic rings. The molecule has 0 aromatic heterocycles. The first-order valence-electron chi connectivity index (χ1n) is 6.23. The number of halogens is 3. The lowest BCUT2D eigenvalue weighted by atomic mass is 9.99. The summed E-state index contributed by atoms with van der Waals surface area (Å²) in [6, 6.07) is 10.9. The van der Waals surface area contributed by atoms with E-state index in [1.54, 1.807) is 18.2 Å². The van der Waals surface area contributed by atoms with Gasteiger partial charge in [-0.3, -0.25) is 11.3 Å². The van der Waals surface area contributed by atoms with E-state index in [4.69, 9.17) is 17.4 Å². The maximum Gasteiger partial charge on any atom is 0.141 e. The van der Waals surface area contributed by atoms with Crippen LogP contribution >= 0.6 is 11.6 Å². The summed E-state index contributed by atoms with van der Waals surface area (Å²) in [6.45, 7) is 0. The maximum absolute atomic E-state index is 13.1. The molecular weight excluding hydrogens is 282 g/mol. The SMILES string of the molecule is NNC(Cc1cccc(F)c1)Cc1ccc(F)c(Cl)c1. The fourth-order valence-corrected chi connectivity index (χ4v) is 2.29. The van der Waals surface area contributed by atoms with Crippen molar-refractivity contribution in [2.24, 2.45) is 5.84 Å². The molecule has 106 valence electrons.